The summed E-state index contributed by atoms with van der Waals surface area (Å²) in [4.78, 5) is 22.4. The number of anilines is 5. The van der Waals surface area contributed by atoms with Crippen LogP contribution < -0.4 is 49.2 Å². The Kier molecular flexibility index (Phi) is 18.0. The summed E-state index contributed by atoms with van der Waals surface area (Å²) in [5.41, 5.74) is 38.0. The zero-order valence-corrected chi connectivity index (χ0v) is 73.2. The molecule has 18 aromatic carbocycles. The van der Waals surface area contributed by atoms with Crippen molar-refractivity contribution in [3.05, 3.63) is 487 Å². The molecule has 28 rings (SSSR count). The fraction of sp³-hybridized carbons (Fsp3) is 0.0169. The number of ether oxygens (including phenoxy) is 2. The molecule has 12 heteroatoms. The average Bonchev–Trinajstić information content (AvgIpc) is 1.51. The molecule has 0 saturated carbocycles. The maximum Gasteiger partial charge on any atom is 1.00 e. The van der Waals surface area contributed by atoms with Gasteiger partial charge in [0.05, 0.1) is 72.7 Å². The van der Waals surface area contributed by atoms with Gasteiger partial charge in [0.25, 0.3) is 0 Å². The average molecular weight is 1690 g/mol. The Morgan fingerprint density at radius 3 is 1.12 bits per heavy atom. The van der Waals surface area contributed by atoms with Gasteiger partial charge in [-0.05, 0) is 210 Å². The maximum absolute atomic E-state index is 6.80. The molecule has 2 spiro atoms. The number of hydrogen-bond acceptors (Lipinski definition) is 8. The minimum atomic E-state index is -0.421. The van der Waals surface area contributed by atoms with E-state index in [1.165, 1.54) is 105 Å². The van der Waals surface area contributed by atoms with Crippen LogP contribution in [-0.2, 0) is 10.8 Å². The Morgan fingerprint density at radius 1 is 0.269 bits per heavy atom. The number of rotatable bonds is 7. The van der Waals surface area contributed by atoms with Crippen LogP contribution in [0.4, 0.5) is 28.7 Å². The molecule has 2 aliphatic heterocycles. The van der Waals surface area contributed by atoms with Crippen molar-refractivity contribution in [2.75, 3.05) is 10.2 Å². The molecule has 4 aliphatic carbocycles. The number of para-hydroxylation sites is 8. The van der Waals surface area contributed by atoms with Gasteiger partial charge < -0.3 is 25.4 Å². The molecule has 1 N–H and O–H groups in total. The molecule has 10 nitrogen and oxygen atoms in total. The number of halogens is 1. The number of benzene rings is 18. The molecule has 0 radical (unpaired) electrons. The summed E-state index contributed by atoms with van der Waals surface area (Å²) in [7, 11) is 0. The van der Waals surface area contributed by atoms with Crippen LogP contribution in [-0.4, -0.2) is 29.1 Å². The Balaban J connectivity index is 0.000000120. The number of aromatic nitrogens is 6. The van der Waals surface area contributed by atoms with Crippen molar-refractivity contribution in [3.63, 3.8) is 0 Å². The van der Waals surface area contributed by atoms with Gasteiger partial charge in [0.1, 0.15) is 5.69 Å². The van der Waals surface area contributed by atoms with Crippen molar-refractivity contribution in [1.29, 1.82) is 0 Å². The number of hydrogen-bond donors (Lipinski definition) is 1. The van der Waals surface area contributed by atoms with Crippen molar-refractivity contribution in [2.24, 2.45) is 0 Å². The third-order valence-corrected chi connectivity index (χ3v) is 27.0. The predicted octanol–water partition coefficient (Wildman–Crippen LogP) is 27.4. The molecule has 0 saturated heterocycles. The van der Waals surface area contributed by atoms with Gasteiger partial charge in [-0.15, -0.1) is 0 Å². The quantitative estimate of drug-likeness (QED) is 0.125. The predicted molar refractivity (Wildman–Crippen MR) is 524 cm³/mol. The molecule has 606 valence electrons. The molecular weight excluding hydrogens is 1620 g/mol. The van der Waals surface area contributed by atoms with Gasteiger partial charge in [0, 0.05) is 55.2 Å². The van der Waals surface area contributed by atoms with Crippen LogP contribution in [0.1, 0.15) is 45.9 Å². The second-order valence-electron chi connectivity index (χ2n) is 33.5. The first kappa shape index (κ1) is 76.6. The van der Waals surface area contributed by atoms with E-state index < -0.39 is 5.41 Å². The molecule has 0 fully saturated rings. The van der Waals surface area contributed by atoms with Gasteiger partial charge in [-0.2, -0.15) is 0 Å². The van der Waals surface area contributed by atoms with Crippen LogP contribution in [0, 0.1) is 0 Å². The van der Waals surface area contributed by atoms with Crippen LogP contribution in [0.25, 0.3) is 145 Å². The molecule has 6 aliphatic rings. The third kappa shape index (κ3) is 11.6. The first-order valence-electron chi connectivity index (χ1n) is 43.7. The first-order chi connectivity index (χ1) is 63.9. The van der Waals surface area contributed by atoms with Gasteiger partial charge in [0.15, 0.2) is 23.0 Å². The minimum Gasteiger partial charge on any atom is -1.00 e. The van der Waals surface area contributed by atoms with Crippen LogP contribution in [0.2, 0.25) is 5.28 Å². The summed E-state index contributed by atoms with van der Waals surface area (Å²) >= 11 is 6.44. The zero-order valence-electron chi connectivity index (χ0n) is 71.4. The second-order valence-corrected chi connectivity index (χ2v) is 33.9. The zero-order chi connectivity index (χ0) is 85.0. The molecule has 22 aromatic rings. The number of fused-ring (bicyclic) bond motifs is 32. The molecule has 0 amide bonds. The van der Waals surface area contributed by atoms with Gasteiger partial charge in [-0.25, -0.2) is 19.9 Å². The van der Waals surface area contributed by atoms with E-state index in [-0.39, 0.29) is 41.7 Å². The summed E-state index contributed by atoms with van der Waals surface area (Å²) in [6.07, 6.45) is 0. The molecule has 130 heavy (non-hydrogen) atoms. The fourth-order valence-corrected chi connectivity index (χ4v) is 21.8. The van der Waals surface area contributed by atoms with Gasteiger partial charge >= 0.3 is 29.6 Å². The summed E-state index contributed by atoms with van der Waals surface area (Å²) in [6.45, 7) is 0. The molecule has 0 unspecified atom stereocenters. The SMILES string of the molecule is Clc1nc(-c2ccccc2)cc(-c2ccc3c(c2)-c2ccccc2C32c3ccccc3-c3ccccc32)n1.[H-].[Na+].c1ccc(-c2cc(-c3ccc4c(c3)-c3ccccc3C43c4ccccc4-c4ccccc43)nc(N3c4ccccc4Oc4ccc5c(c43)c3ccccc3n5-c3ccccc3)n2)cc1.c1ccc(-n2c3ccccc3c3c4c(ccc32)Oc2ccccc2N4)cc1. The van der Waals surface area contributed by atoms with Crippen molar-refractivity contribution in [2.45, 2.75) is 10.8 Å². The van der Waals surface area contributed by atoms with Gasteiger partial charge in [-0.1, -0.05) is 328 Å². The van der Waals surface area contributed by atoms with E-state index in [9.17, 15) is 0 Å². The third-order valence-electron chi connectivity index (χ3n) is 26.9. The van der Waals surface area contributed by atoms with Crippen LogP contribution in [0.3, 0.4) is 0 Å². The van der Waals surface area contributed by atoms with Crippen LogP contribution >= 0.6 is 11.6 Å². The van der Waals surface area contributed by atoms with Gasteiger partial charge in [0.2, 0.25) is 11.2 Å². The largest absolute Gasteiger partial charge is 1.00 e. The smallest absolute Gasteiger partial charge is 1.00 e. The summed E-state index contributed by atoms with van der Waals surface area (Å²) in [5.74, 6) is 3.77. The summed E-state index contributed by atoms with van der Waals surface area (Å²) in [6, 6.07) is 155. The number of nitrogens with one attached hydrogen (secondary N) is 1. The molecule has 0 atom stereocenters. The first-order valence-corrected chi connectivity index (χ1v) is 44.1. The fourth-order valence-electron chi connectivity index (χ4n) is 21.7. The van der Waals surface area contributed by atoms with Crippen molar-refractivity contribution < 1.29 is 40.5 Å². The molecule has 6 heterocycles. The van der Waals surface area contributed by atoms with E-state index in [2.05, 4.69) is 381 Å². The van der Waals surface area contributed by atoms with Crippen LogP contribution in [0.5, 0.6) is 23.0 Å². The molecule has 4 aromatic heterocycles. The van der Waals surface area contributed by atoms with Crippen molar-refractivity contribution >= 4 is 83.9 Å². The van der Waals surface area contributed by atoms with Crippen molar-refractivity contribution in [1.82, 2.24) is 29.1 Å². The maximum atomic E-state index is 6.80. The Bertz CT molecular complexity index is 8320. The van der Waals surface area contributed by atoms with E-state index in [4.69, 9.17) is 31.0 Å². The standard InChI is InChI=1S/C59H36N4O.C35H21ClN2.C24H16N2O.Na.H/c1-3-17-37(18-4-1)49-36-50(38-31-32-48-44(35-38)42-23-9-13-27-47(42)59(48)45-25-11-7-21-40(45)41-22-8-12-26-46(41)59)61-58(60-49)63-52-29-15-16-30-54(52)64-55-34-33-53-56(57(55)63)43-24-10-14-28-51(43)62(53)39-19-5-2-6-20-39;36-34-37-32(22-10-2-1-3-11-22)21-33(38-34)23-18-19-31-27(20-23)26-14-6-9-17-30(26)35(31)28-15-7-4-12-24(28)25-13-5-8-16-29(25)35;1-2-8-16(9-3-1)26-19-12-6-4-10-17(19)23-20(26)14-15-22-24(23)25-18-11-5-7-13-21(18)27-22;;/h1-36H;1-21H;1-15,25H;;/q;;;+1;-1. The topological polar surface area (TPSA) is 95.2 Å². The van der Waals surface area contributed by atoms with Gasteiger partial charge in [-0.3, -0.25) is 4.90 Å². The molecule has 0 bridgehead atoms. The van der Waals surface area contributed by atoms with E-state index in [0.29, 0.717) is 5.95 Å². The van der Waals surface area contributed by atoms with E-state index in [0.717, 1.165) is 129 Å². The summed E-state index contributed by atoms with van der Waals surface area (Å²) < 4.78 is 17.6. The minimum absolute atomic E-state index is 0. The summed E-state index contributed by atoms with van der Waals surface area (Å²) in [5, 5.41) is 8.43. The van der Waals surface area contributed by atoms with Crippen LogP contribution in [0.15, 0.2) is 437 Å². The normalized spacial score (nSPS) is 13.2. The number of nitrogens with zero attached hydrogens (tertiary/aromatic N) is 7. The van der Waals surface area contributed by atoms with E-state index >= 15 is 0 Å². The molecular formula is C118H74ClN8NaO2. The Hall–Kier alpha value is -15.8. The Labute approximate surface area is 778 Å². The Morgan fingerprint density at radius 2 is 0.623 bits per heavy atom. The van der Waals surface area contributed by atoms with Crippen molar-refractivity contribution in [3.8, 4) is 124 Å². The second kappa shape index (κ2) is 30.5. The van der Waals surface area contributed by atoms with E-state index in [1.807, 2.05) is 84.9 Å². The van der Waals surface area contributed by atoms with E-state index in [1.54, 1.807) is 0 Å². The monoisotopic (exact) mass is 1690 g/mol.